The molecule has 5 nitrogen and oxygen atoms in total. The highest BCUT2D eigenvalue weighted by atomic mass is 32.1. The lowest BCUT2D eigenvalue weighted by atomic mass is 9.83. The number of nitriles is 1. The number of hydrogen-bond donors (Lipinski definition) is 2. The third-order valence-corrected chi connectivity index (χ3v) is 5.28. The monoisotopic (exact) mass is 403 g/mol. The van der Waals surface area contributed by atoms with Gasteiger partial charge in [0.25, 0.3) is 5.91 Å². The van der Waals surface area contributed by atoms with Crippen LogP contribution in [0.2, 0.25) is 0 Å². The van der Waals surface area contributed by atoms with Gasteiger partial charge in [0.1, 0.15) is 5.82 Å². The highest BCUT2D eigenvalue weighted by Crippen LogP contribution is 2.37. The van der Waals surface area contributed by atoms with E-state index in [1.165, 1.54) is 12.1 Å². The van der Waals surface area contributed by atoms with Crippen molar-refractivity contribution in [3.63, 3.8) is 0 Å². The fourth-order valence-electron chi connectivity index (χ4n) is 3.52. The molecule has 0 aliphatic carbocycles. The molecule has 4 rings (SSSR count). The third-order valence-electron chi connectivity index (χ3n) is 4.93. The highest BCUT2D eigenvalue weighted by Gasteiger charge is 2.44. The zero-order chi connectivity index (χ0) is 20.4. The topological polar surface area (TPSA) is 69.7 Å². The SMILES string of the molecule is N#CC1=C(S)NC(=O)[C@@H]([n+]2ccc(-c3ccncc3)cc2)[C@@H]1c1ccc(F)cc1. The van der Waals surface area contributed by atoms with Crippen molar-refractivity contribution in [2.24, 2.45) is 0 Å². The normalized spacial score (nSPS) is 18.9. The van der Waals surface area contributed by atoms with Crippen molar-refractivity contribution in [2.75, 3.05) is 0 Å². The summed E-state index contributed by atoms with van der Waals surface area (Å²) in [4.78, 5) is 16.9. The van der Waals surface area contributed by atoms with Gasteiger partial charge in [-0.15, -0.1) is 12.6 Å². The van der Waals surface area contributed by atoms with E-state index in [1.54, 1.807) is 41.5 Å². The minimum Gasteiger partial charge on any atom is -0.314 e. The first-order valence-electron chi connectivity index (χ1n) is 8.89. The number of halogens is 1. The minimum atomic E-state index is -0.711. The molecule has 0 bridgehead atoms. The van der Waals surface area contributed by atoms with Gasteiger partial charge in [-0.25, -0.2) is 4.39 Å². The molecular formula is C22H16FN4OS+. The van der Waals surface area contributed by atoms with E-state index >= 15 is 0 Å². The average molecular weight is 403 g/mol. The summed E-state index contributed by atoms with van der Waals surface area (Å²) in [5.74, 6) is -1.25. The van der Waals surface area contributed by atoms with Crippen LogP contribution in [0.1, 0.15) is 17.5 Å². The average Bonchev–Trinajstić information content (AvgIpc) is 2.75. The quantitative estimate of drug-likeness (QED) is 0.521. The summed E-state index contributed by atoms with van der Waals surface area (Å²) in [6.45, 7) is 0. The maximum atomic E-state index is 13.4. The van der Waals surface area contributed by atoms with Crippen molar-refractivity contribution in [3.8, 4) is 17.2 Å². The number of aromatic nitrogens is 2. The second kappa shape index (κ2) is 7.86. The lowest BCUT2D eigenvalue weighted by molar-refractivity contribution is -0.711. The molecule has 1 amide bonds. The Kier molecular flexibility index (Phi) is 5.10. The Morgan fingerprint density at radius 2 is 1.66 bits per heavy atom. The first-order valence-corrected chi connectivity index (χ1v) is 9.34. The number of allylic oxidation sites excluding steroid dienone is 1. The van der Waals surface area contributed by atoms with Crippen molar-refractivity contribution in [2.45, 2.75) is 12.0 Å². The maximum absolute atomic E-state index is 13.4. The van der Waals surface area contributed by atoms with Crippen LogP contribution in [0.4, 0.5) is 4.39 Å². The second-order valence-corrected chi connectivity index (χ2v) is 7.05. The predicted octanol–water partition coefficient (Wildman–Crippen LogP) is 3.29. The molecule has 3 aromatic rings. The van der Waals surface area contributed by atoms with E-state index in [0.717, 1.165) is 11.1 Å². The van der Waals surface area contributed by atoms with Crippen LogP contribution in [0, 0.1) is 17.1 Å². The number of thiol groups is 1. The number of rotatable bonds is 3. The van der Waals surface area contributed by atoms with E-state index in [-0.39, 0.29) is 16.8 Å². The molecule has 0 unspecified atom stereocenters. The number of pyridine rings is 2. The van der Waals surface area contributed by atoms with Gasteiger partial charge < -0.3 is 5.32 Å². The van der Waals surface area contributed by atoms with Crippen LogP contribution in [0.3, 0.4) is 0 Å². The summed E-state index contributed by atoms with van der Waals surface area (Å²) in [6, 6.07) is 14.9. The third kappa shape index (κ3) is 3.62. The van der Waals surface area contributed by atoms with Crippen LogP contribution in [0.15, 0.2) is 83.9 Å². The Balaban J connectivity index is 1.78. The van der Waals surface area contributed by atoms with Crippen LogP contribution in [0.5, 0.6) is 0 Å². The Morgan fingerprint density at radius 1 is 1.03 bits per heavy atom. The fraction of sp³-hybridized carbons (Fsp3) is 0.0909. The van der Waals surface area contributed by atoms with E-state index in [1.807, 2.05) is 24.3 Å². The van der Waals surface area contributed by atoms with Crippen molar-refractivity contribution in [1.82, 2.24) is 10.3 Å². The minimum absolute atomic E-state index is 0.220. The molecule has 0 radical (unpaired) electrons. The first-order chi connectivity index (χ1) is 14.1. The number of amides is 1. The van der Waals surface area contributed by atoms with E-state index in [0.29, 0.717) is 11.1 Å². The summed E-state index contributed by atoms with van der Waals surface area (Å²) >= 11 is 4.28. The van der Waals surface area contributed by atoms with Gasteiger partial charge in [-0.1, -0.05) is 12.1 Å². The van der Waals surface area contributed by atoms with Gasteiger partial charge >= 0.3 is 0 Å². The van der Waals surface area contributed by atoms with Crippen LogP contribution < -0.4 is 9.88 Å². The zero-order valence-corrected chi connectivity index (χ0v) is 16.1. The van der Waals surface area contributed by atoms with Crippen molar-refractivity contribution in [1.29, 1.82) is 5.26 Å². The van der Waals surface area contributed by atoms with Crippen molar-refractivity contribution >= 4 is 18.5 Å². The van der Waals surface area contributed by atoms with E-state index in [2.05, 4.69) is 29.0 Å². The lowest BCUT2D eigenvalue weighted by Gasteiger charge is -2.27. The maximum Gasteiger partial charge on any atom is 0.294 e. The summed E-state index contributed by atoms with van der Waals surface area (Å²) in [7, 11) is 0. The lowest BCUT2D eigenvalue weighted by Crippen LogP contribution is -2.53. The van der Waals surface area contributed by atoms with Crippen LogP contribution >= 0.6 is 12.6 Å². The van der Waals surface area contributed by atoms with E-state index in [9.17, 15) is 14.4 Å². The van der Waals surface area contributed by atoms with Crippen molar-refractivity contribution < 1.29 is 13.8 Å². The molecule has 7 heteroatoms. The molecule has 0 saturated carbocycles. The molecule has 142 valence electrons. The number of carbonyl (C=O) groups is 1. The van der Waals surface area contributed by atoms with E-state index < -0.39 is 12.0 Å². The van der Waals surface area contributed by atoms with E-state index in [4.69, 9.17) is 0 Å². The van der Waals surface area contributed by atoms with Gasteiger partial charge in [0.05, 0.1) is 22.6 Å². The second-order valence-electron chi connectivity index (χ2n) is 6.61. The van der Waals surface area contributed by atoms with Gasteiger partial charge in [-0.05, 0) is 41.0 Å². The molecule has 29 heavy (non-hydrogen) atoms. The molecule has 1 aromatic carbocycles. The van der Waals surface area contributed by atoms with Gasteiger partial charge in [0.15, 0.2) is 12.4 Å². The molecular weight excluding hydrogens is 387 g/mol. The summed E-state index contributed by atoms with van der Waals surface area (Å²) in [5.41, 5.74) is 2.98. The molecule has 1 aliphatic rings. The molecule has 0 spiro atoms. The Morgan fingerprint density at radius 3 is 2.28 bits per heavy atom. The van der Waals surface area contributed by atoms with Gasteiger partial charge in [0, 0.05) is 24.5 Å². The number of carbonyl (C=O) groups excluding carboxylic acids is 1. The molecule has 0 fully saturated rings. The fourth-order valence-corrected chi connectivity index (χ4v) is 3.82. The van der Waals surface area contributed by atoms with Gasteiger partial charge in [-0.3, -0.25) is 9.78 Å². The standard InChI is InChI=1S/C22H15FN4OS/c23-17-3-1-16(2-4-17)19-18(13-24)22(29)26-21(28)20(19)27-11-7-15(8-12-27)14-5-9-25-10-6-14/h1-12,19-20H,(H-,26,28,29)/p+1/t19-,20+/m1/s1. The highest BCUT2D eigenvalue weighted by molar-refractivity contribution is 7.84. The van der Waals surface area contributed by atoms with Crippen molar-refractivity contribution in [3.05, 3.63) is 95.3 Å². The molecule has 1 N–H and O–H groups in total. The number of nitrogens with zero attached hydrogens (tertiary/aromatic N) is 3. The Hall–Kier alpha value is -3.50. The zero-order valence-electron chi connectivity index (χ0n) is 15.2. The number of benzene rings is 1. The molecule has 0 saturated heterocycles. The predicted molar refractivity (Wildman–Crippen MR) is 108 cm³/mol. The van der Waals surface area contributed by atoms with Crippen LogP contribution in [-0.4, -0.2) is 10.9 Å². The summed E-state index contributed by atoms with van der Waals surface area (Å²) < 4.78 is 15.2. The first kappa shape index (κ1) is 18.8. The molecule has 3 heterocycles. The smallest absolute Gasteiger partial charge is 0.294 e. The summed E-state index contributed by atoms with van der Waals surface area (Å²) in [6.07, 6.45) is 7.03. The number of hydrogen-bond acceptors (Lipinski definition) is 4. The largest absolute Gasteiger partial charge is 0.314 e. The number of nitrogens with one attached hydrogen (secondary N) is 1. The van der Waals surface area contributed by atoms with Crippen LogP contribution in [0.25, 0.3) is 11.1 Å². The molecule has 2 aromatic heterocycles. The summed E-state index contributed by atoms with van der Waals surface area (Å²) in [5, 5.41) is 12.6. The molecule has 2 atom stereocenters. The van der Waals surface area contributed by atoms with Gasteiger partial charge in [-0.2, -0.15) is 9.83 Å². The van der Waals surface area contributed by atoms with Crippen LogP contribution in [-0.2, 0) is 4.79 Å². The Bertz CT molecular complexity index is 1120. The Labute approximate surface area is 172 Å². The van der Waals surface area contributed by atoms with Gasteiger partial charge in [0.2, 0.25) is 6.04 Å². The molecule has 1 aliphatic heterocycles.